The van der Waals surface area contributed by atoms with Crippen LogP contribution in [0.4, 0.5) is 4.39 Å². The van der Waals surface area contributed by atoms with Gasteiger partial charge in [0.1, 0.15) is 23.7 Å². The molecule has 0 saturated heterocycles. The Morgan fingerprint density at radius 2 is 1.95 bits per heavy atom. The maximum Gasteiger partial charge on any atom is 0.339 e. The van der Waals surface area contributed by atoms with E-state index < -0.39 is 5.97 Å². The molecular weight excluding hydrogens is 395 g/mol. The Morgan fingerprint density at radius 3 is 2.65 bits per heavy atom. The van der Waals surface area contributed by atoms with Crippen LogP contribution in [-0.4, -0.2) is 11.1 Å². The topological polar surface area (TPSA) is 46.5 Å². The van der Waals surface area contributed by atoms with E-state index in [2.05, 4.69) is 31.9 Å². The molecule has 0 atom stereocenters. The zero-order valence-corrected chi connectivity index (χ0v) is 13.2. The fourth-order valence-corrected chi connectivity index (χ4v) is 2.30. The van der Waals surface area contributed by atoms with Crippen molar-refractivity contribution in [2.45, 2.75) is 6.61 Å². The molecule has 0 amide bonds. The molecule has 2 aromatic rings. The Hall–Kier alpha value is -1.40. The van der Waals surface area contributed by atoms with Crippen molar-refractivity contribution in [3.63, 3.8) is 0 Å². The van der Waals surface area contributed by atoms with E-state index in [9.17, 15) is 9.18 Å². The van der Waals surface area contributed by atoms with Gasteiger partial charge < -0.3 is 9.84 Å². The zero-order chi connectivity index (χ0) is 14.7. The molecule has 0 fully saturated rings. The second-order valence-corrected chi connectivity index (χ2v) is 5.74. The molecule has 0 aliphatic carbocycles. The average Bonchev–Trinajstić information content (AvgIpc) is 2.39. The van der Waals surface area contributed by atoms with Crippen LogP contribution < -0.4 is 4.74 Å². The van der Waals surface area contributed by atoms with Crippen LogP contribution in [0, 0.1) is 5.82 Å². The summed E-state index contributed by atoms with van der Waals surface area (Å²) in [5, 5.41) is 9.09. The van der Waals surface area contributed by atoms with Gasteiger partial charge >= 0.3 is 5.97 Å². The number of carboxylic acids is 1. The van der Waals surface area contributed by atoms with Crippen molar-refractivity contribution in [1.82, 2.24) is 0 Å². The van der Waals surface area contributed by atoms with Crippen LogP contribution in [-0.2, 0) is 6.61 Å². The number of aromatic carboxylic acids is 1. The molecule has 0 heterocycles. The highest BCUT2D eigenvalue weighted by atomic mass is 79.9. The highest BCUT2D eigenvalue weighted by molar-refractivity contribution is 9.10. The second-order valence-electron chi connectivity index (χ2n) is 3.97. The van der Waals surface area contributed by atoms with Gasteiger partial charge in [-0.2, -0.15) is 0 Å². The van der Waals surface area contributed by atoms with Crippen molar-refractivity contribution in [2.24, 2.45) is 0 Å². The van der Waals surface area contributed by atoms with E-state index in [-0.39, 0.29) is 23.7 Å². The third-order valence-electron chi connectivity index (χ3n) is 2.57. The van der Waals surface area contributed by atoms with E-state index in [0.717, 1.165) is 0 Å². The summed E-state index contributed by atoms with van der Waals surface area (Å²) in [5.41, 5.74) is 0.655. The second kappa shape index (κ2) is 6.37. The van der Waals surface area contributed by atoms with Crippen molar-refractivity contribution in [3.05, 3.63) is 62.3 Å². The van der Waals surface area contributed by atoms with Gasteiger partial charge in [-0.25, -0.2) is 9.18 Å². The average molecular weight is 404 g/mol. The van der Waals surface area contributed by atoms with Gasteiger partial charge in [0, 0.05) is 14.5 Å². The smallest absolute Gasteiger partial charge is 0.339 e. The molecule has 2 aromatic carbocycles. The van der Waals surface area contributed by atoms with Gasteiger partial charge in [0.25, 0.3) is 0 Å². The standard InChI is InChI=1S/C14H9Br2FO3/c15-9-1-3-11(14(18)19)13(6-9)20-7-8-5-10(17)2-4-12(8)16/h1-6H,7H2,(H,18,19). The summed E-state index contributed by atoms with van der Waals surface area (Å²) < 4.78 is 20.1. The van der Waals surface area contributed by atoms with Gasteiger partial charge in [0.05, 0.1) is 0 Å². The molecule has 0 bridgehead atoms. The zero-order valence-electron chi connectivity index (χ0n) is 10.1. The molecule has 0 spiro atoms. The summed E-state index contributed by atoms with van der Waals surface area (Å²) in [7, 11) is 0. The van der Waals surface area contributed by atoms with Crippen LogP contribution in [0.1, 0.15) is 15.9 Å². The van der Waals surface area contributed by atoms with Crippen molar-refractivity contribution in [3.8, 4) is 5.75 Å². The molecule has 2 rings (SSSR count). The fraction of sp³-hybridized carbons (Fsp3) is 0.0714. The summed E-state index contributed by atoms with van der Waals surface area (Å²) in [5.74, 6) is -1.23. The van der Waals surface area contributed by atoms with Crippen molar-refractivity contribution in [1.29, 1.82) is 0 Å². The Morgan fingerprint density at radius 1 is 1.20 bits per heavy atom. The quantitative estimate of drug-likeness (QED) is 0.809. The van der Waals surface area contributed by atoms with Crippen LogP contribution in [0.15, 0.2) is 45.3 Å². The first-order valence-electron chi connectivity index (χ1n) is 5.57. The van der Waals surface area contributed by atoms with Crippen molar-refractivity contribution < 1.29 is 19.0 Å². The van der Waals surface area contributed by atoms with Crippen LogP contribution >= 0.6 is 31.9 Å². The van der Waals surface area contributed by atoms with Gasteiger partial charge in [0.2, 0.25) is 0 Å². The van der Waals surface area contributed by atoms with E-state index in [4.69, 9.17) is 9.84 Å². The predicted octanol–water partition coefficient (Wildman–Crippen LogP) is 4.63. The van der Waals surface area contributed by atoms with E-state index in [0.29, 0.717) is 14.5 Å². The summed E-state index contributed by atoms with van der Waals surface area (Å²) in [6, 6.07) is 8.87. The maximum absolute atomic E-state index is 13.2. The van der Waals surface area contributed by atoms with Gasteiger partial charge in [-0.05, 0) is 36.4 Å². The largest absolute Gasteiger partial charge is 0.488 e. The highest BCUT2D eigenvalue weighted by Crippen LogP contribution is 2.26. The van der Waals surface area contributed by atoms with Crippen LogP contribution in [0.5, 0.6) is 5.75 Å². The number of rotatable bonds is 4. The van der Waals surface area contributed by atoms with Crippen molar-refractivity contribution in [2.75, 3.05) is 0 Å². The fourth-order valence-electron chi connectivity index (χ4n) is 1.60. The first-order chi connectivity index (χ1) is 9.47. The Kier molecular flexibility index (Phi) is 4.77. The first kappa shape index (κ1) is 15.0. The van der Waals surface area contributed by atoms with E-state index in [1.807, 2.05) is 0 Å². The summed E-state index contributed by atoms with van der Waals surface area (Å²) in [6.07, 6.45) is 0. The lowest BCUT2D eigenvalue weighted by Crippen LogP contribution is -2.04. The number of benzene rings is 2. The number of hydrogen-bond donors (Lipinski definition) is 1. The number of carboxylic acid groups (broad SMARTS) is 1. The van der Waals surface area contributed by atoms with Crippen LogP contribution in [0.3, 0.4) is 0 Å². The summed E-state index contributed by atoms with van der Waals surface area (Å²) >= 11 is 6.55. The third-order valence-corrected chi connectivity index (χ3v) is 3.83. The minimum atomic E-state index is -1.08. The lowest BCUT2D eigenvalue weighted by atomic mass is 10.2. The summed E-state index contributed by atoms with van der Waals surface area (Å²) in [6.45, 7) is 0.0646. The summed E-state index contributed by atoms with van der Waals surface area (Å²) in [4.78, 5) is 11.1. The molecular formula is C14H9Br2FO3. The monoisotopic (exact) mass is 402 g/mol. The Balaban J connectivity index is 2.24. The number of ether oxygens (including phenoxy) is 1. The maximum atomic E-state index is 13.2. The molecule has 0 aliphatic heterocycles. The van der Waals surface area contributed by atoms with Crippen molar-refractivity contribution >= 4 is 37.8 Å². The predicted molar refractivity (Wildman–Crippen MR) is 79.5 cm³/mol. The molecule has 0 saturated carbocycles. The Bertz CT molecular complexity index is 659. The highest BCUT2D eigenvalue weighted by Gasteiger charge is 2.12. The molecule has 104 valence electrons. The van der Waals surface area contributed by atoms with E-state index in [1.54, 1.807) is 18.2 Å². The molecule has 0 aliphatic rings. The lowest BCUT2D eigenvalue weighted by molar-refractivity contribution is 0.0691. The molecule has 0 aromatic heterocycles. The molecule has 1 N–H and O–H groups in total. The minimum Gasteiger partial charge on any atom is -0.488 e. The van der Waals surface area contributed by atoms with Gasteiger partial charge in [-0.1, -0.05) is 31.9 Å². The SMILES string of the molecule is O=C(O)c1ccc(Br)cc1OCc1cc(F)ccc1Br. The minimum absolute atomic E-state index is 0.0562. The van der Waals surface area contributed by atoms with E-state index in [1.165, 1.54) is 18.2 Å². The molecule has 0 radical (unpaired) electrons. The number of hydrogen-bond acceptors (Lipinski definition) is 2. The van der Waals surface area contributed by atoms with Crippen LogP contribution in [0.2, 0.25) is 0 Å². The van der Waals surface area contributed by atoms with Crippen LogP contribution in [0.25, 0.3) is 0 Å². The molecule has 0 unspecified atom stereocenters. The van der Waals surface area contributed by atoms with Gasteiger partial charge in [-0.15, -0.1) is 0 Å². The number of halogens is 3. The van der Waals surface area contributed by atoms with Gasteiger partial charge in [0.15, 0.2) is 0 Å². The Labute approximate surface area is 131 Å². The number of carbonyl (C=O) groups is 1. The molecule has 6 heteroatoms. The first-order valence-corrected chi connectivity index (χ1v) is 7.15. The van der Waals surface area contributed by atoms with Gasteiger partial charge in [-0.3, -0.25) is 0 Å². The third kappa shape index (κ3) is 3.58. The van der Waals surface area contributed by atoms with E-state index >= 15 is 0 Å². The lowest BCUT2D eigenvalue weighted by Gasteiger charge is -2.11. The molecule has 3 nitrogen and oxygen atoms in total. The molecule has 20 heavy (non-hydrogen) atoms. The normalized spacial score (nSPS) is 10.3.